The number of rotatable bonds is 2. The van der Waals surface area contributed by atoms with Gasteiger partial charge in [0.25, 0.3) is 0 Å². The van der Waals surface area contributed by atoms with Crippen LogP contribution in [-0.2, 0) is 4.57 Å². The molecular weight excluding hydrogens is 339 g/mol. The van der Waals surface area contributed by atoms with Crippen molar-refractivity contribution in [3.63, 3.8) is 0 Å². The number of aromatic amines is 1. The van der Waals surface area contributed by atoms with Crippen molar-refractivity contribution in [1.29, 1.82) is 0 Å². The molecule has 6 nitrogen and oxygen atoms in total. The van der Waals surface area contributed by atoms with Crippen molar-refractivity contribution >= 4 is 36.0 Å². The van der Waals surface area contributed by atoms with E-state index in [1.54, 1.807) is 24.3 Å². The van der Waals surface area contributed by atoms with Gasteiger partial charge in [-0.15, -0.1) is 0 Å². The molecule has 0 atom stereocenters. The summed E-state index contributed by atoms with van der Waals surface area (Å²) in [5.74, 6) is -0.0272. The highest BCUT2D eigenvalue weighted by Gasteiger charge is 2.21. The van der Waals surface area contributed by atoms with E-state index in [4.69, 9.17) is 27.1 Å². The molecule has 0 spiro atoms. The Kier molecular flexibility index (Phi) is 5.34. The molecule has 23 heavy (non-hydrogen) atoms. The van der Waals surface area contributed by atoms with Crippen LogP contribution < -0.4 is 10.3 Å². The number of nitrogen functional groups attached to an aromatic ring is 1. The molecule has 0 aliphatic rings. The molecule has 0 fully saturated rings. The largest absolute Gasteiger partial charge is 0.524 e. The number of hydrogen-bond donors (Lipinski definition) is 4. The number of para-hydroxylation sites is 1. The Morgan fingerprint density at radius 1 is 1.13 bits per heavy atom. The number of phosphoric acid groups is 1. The minimum atomic E-state index is -4.59. The molecule has 1 aromatic heterocycles. The van der Waals surface area contributed by atoms with Crippen LogP contribution in [0.2, 0.25) is 5.15 Å². The summed E-state index contributed by atoms with van der Waals surface area (Å²) in [6, 6.07) is 14.7. The highest BCUT2D eigenvalue weighted by molar-refractivity contribution is 7.46. The van der Waals surface area contributed by atoms with Gasteiger partial charge in [0.2, 0.25) is 0 Å². The zero-order valence-corrected chi connectivity index (χ0v) is 13.9. The van der Waals surface area contributed by atoms with E-state index in [-0.39, 0.29) is 10.9 Å². The van der Waals surface area contributed by atoms with Crippen molar-refractivity contribution < 1.29 is 18.9 Å². The van der Waals surface area contributed by atoms with Crippen molar-refractivity contribution in [2.75, 3.05) is 5.73 Å². The Balaban J connectivity index is 0.000000203. The van der Waals surface area contributed by atoms with Gasteiger partial charge in [0.05, 0.1) is 5.52 Å². The number of aryl methyl sites for hydroxylation is 1. The minimum Gasteiger partial charge on any atom is -0.400 e. The van der Waals surface area contributed by atoms with E-state index in [1.807, 2.05) is 31.2 Å². The van der Waals surface area contributed by atoms with Gasteiger partial charge in [-0.1, -0.05) is 41.4 Å². The van der Waals surface area contributed by atoms with Crippen LogP contribution in [0.1, 0.15) is 5.56 Å². The Bertz CT molecular complexity index is 821. The third kappa shape index (κ3) is 5.01. The van der Waals surface area contributed by atoms with E-state index in [9.17, 15) is 4.57 Å². The van der Waals surface area contributed by atoms with Crippen LogP contribution in [0.5, 0.6) is 5.75 Å². The number of aromatic nitrogens is 1. The van der Waals surface area contributed by atoms with Crippen molar-refractivity contribution in [2.24, 2.45) is 0 Å². The molecule has 0 radical (unpaired) electrons. The molecule has 0 saturated carbocycles. The molecule has 3 aromatic rings. The summed E-state index contributed by atoms with van der Waals surface area (Å²) in [6.45, 7) is 2.04. The molecule has 0 aliphatic heterocycles. The van der Waals surface area contributed by atoms with Crippen molar-refractivity contribution in [3.05, 3.63) is 59.2 Å². The van der Waals surface area contributed by atoms with Crippen LogP contribution in [0.3, 0.4) is 0 Å². The van der Waals surface area contributed by atoms with Gasteiger partial charge in [-0.2, -0.15) is 0 Å². The summed E-state index contributed by atoms with van der Waals surface area (Å²) < 4.78 is 15.2. The lowest BCUT2D eigenvalue weighted by molar-refractivity contribution is 0.284. The van der Waals surface area contributed by atoms with Crippen LogP contribution in [0.15, 0.2) is 48.5 Å². The summed E-state index contributed by atoms with van der Waals surface area (Å²) in [7, 11) is -4.59. The number of nitrogens with two attached hydrogens (primary N) is 1. The van der Waals surface area contributed by atoms with Crippen LogP contribution in [0.4, 0.5) is 5.69 Å². The first-order valence-corrected chi connectivity index (χ1v) is 8.50. The summed E-state index contributed by atoms with van der Waals surface area (Å²) in [5.41, 5.74) is 8.16. The van der Waals surface area contributed by atoms with Crippen LogP contribution in [-0.4, -0.2) is 14.8 Å². The number of H-pyrrole nitrogens is 1. The number of phosphoric ester groups is 1. The fourth-order valence-electron chi connectivity index (χ4n) is 1.86. The van der Waals surface area contributed by atoms with Gasteiger partial charge in [-0.05, 0) is 31.2 Å². The standard InChI is InChI=1S/C8H7ClNO4P.C7H9N/c9-8-7(14-15(11,12)13)5-3-1-2-4-6(5)10-8;1-6-2-4-7(8)5-3-6/h1-4,10H,(H2,11,12,13);2-5H,8H2,1H3. The SMILES string of the molecule is Cc1ccc(N)cc1.O=P(O)(O)Oc1c(Cl)[nH]c2ccccc12. The van der Waals surface area contributed by atoms with Crippen molar-refractivity contribution in [3.8, 4) is 5.75 Å². The van der Waals surface area contributed by atoms with Gasteiger partial charge in [-0.25, -0.2) is 4.57 Å². The number of nitrogens with one attached hydrogen (secondary N) is 1. The van der Waals surface area contributed by atoms with Crippen LogP contribution >= 0.6 is 19.4 Å². The maximum absolute atomic E-state index is 10.7. The van der Waals surface area contributed by atoms with E-state index >= 15 is 0 Å². The van der Waals surface area contributed by atoms with Crippen LogP contribution in [0, 0.1) is 6.92 Å². The normalized spacial score (nSPS) is 11.0. The van der Waals surface area contributed by atoms with E-state index in [1.165, 1.54) is 5.56 Å². The lowest BCUT2D eigenvalue weighted by Crippen LogP contribution is -1.89. The smallest absolute Gasteiger partial charge is 0.400 e. The van der Waals surface area contributed by atoms with E-state index in [2.05, 4.69) is 9.51 Å². The summed E-state index contributed by atoms with van der Waals surface area (Å²) in [4.78, 5) is 20.1. The molecule has 0 unspecified atom stereocenters. The number of anilines is 1. The minimum absolute atomic E-state index is 0.0272. The molecule has 5 N–H and O–H groups in total. The zero-order chi connectivity index (χ0) is 17.0. The van der Waals surface area contributed by atoms with E-state index in [0.717, 1.165) is 5.69 Å². The second kappa shape index (κ2) is 7.06. The molecule has 3 rings (SSSR count). The maximum atomic E-state index is 10.7. The second-order valence-electron chi connectivity index (χ2n) is 4.81. The Hall–Kier alpha value is -1.98. The summed E-state index contributed by atoms with van der Waals surface area (Å²) in [6.07, 6.45) is 0. The highest BCUT2D eigenvalue weighted by Crippen LogP contribution is 2.44. The summed E-state index contributed by atoms with van der Waals surface area (Å²) >= 11 is 5.75. The van der Waals surface area contributed by atoms with Gasteiger partial charge < -0.3 is 15.2 Å². The van der Waals surface area contributed by atoms with Gasteiger partial charge in [0.15, 0.2) is 10.9 Å². The third-order valence-electron chi connectivity index (χ3n) is 2.90. The molecular formula is C15H16ClN2O4P. The first kappa shape index (κ1) is 17.4. The van der Waals surface area contributed by atoms with Crippen LogP contribution in [0.25, 0.3) is 10.9 Å². The van der Waals surface area contributed by atoms with E-state index in [0.29, 0.717) is 10.9 Å². The monoisotopic (exact) mass is 354 g/mol. The fraction of sp³-hybridized carbons (Fsp3) is 0.0667. The lowest BCUT2D eigenvalue weighted by Gasteiger charge is -2.05. The zero-order valence-electron chi connectivity index (χ0n) is 12.2. The topological polar surface area (TPSA) is 109 Å². The fourth-order valence-corrected chi connectivity index (χ4v) is 2.58. The number of halogens is 1. The quantitative estimate of drug-likeness (QED) is 0.412. The predicted octanol–water partition coefficient (Wildman–Crippen LogP) is 3.87. The highest BCUT2D eigenvalue weighted by atomic mass is 35.5. The van der Waals surface area contributed by atoms with Gasteiger partial charge in [-0.3, -0.25) is 9.79 Å². The Morgan fingerprint density at radius 3 is 2.30 bits per heavy atom. The molecule has 0 amide bonds. The number of fused-ring (bicyclic) bond motifs is 1. The summed E-state index contributed by atoms with van der Waals surface area (Å²) in [5, 5.41) is 0.602. The third-order valence-corrected chi connectivity index (χ3v) is 3.59. The lowest BCUT2D eigenvalue weighted by atomic mass is 10.2. The Morgan fingerprint density at radius 2 is 1.74 bits per heavy atom. The van der Waals surface area contributed by atoms with E-state index < -0.39 is 7.82 Å². The number of benzene rings is 2. The maximum Gasteiger partial charge on any atom is 0.524 e. The molecule has 1 heterocycles. The molecule has 0 bridgehead atoms. The average Bonchev–Trinajstić information content (AvgIpc) is 2.78. The molecule has 0 saturated heterocycles. The van der Waals surface area contributed by atoms with Gasteiger partial charge in [0, 0.05) is 11.1 Å². The first-order chi connectivity index (χ1) is 10.8. The average molecular weight is 355 g/mol. The number of hydrogen-bond acceptors (Lipinski definition) is 3. The van der Waals surface area contributed by atoms with Gasteiger partial charge >= 0.3 is 7.82 Å². The first-order valence-electron chi connectivity index (χ1n) is 6.60. The molecule has 2 aromatic carbocycles. The van der Waals surface area contributed by atoms with Crippen molar-refractivity contribution in [2.45, 2.75) is 6.92 Å². The predicted molar refractivity (Wildman–Crippen MR) is 91.6 cm³/mol. The molecule has 0 aliphatic carbocycles. The van der Waals surface area contributed by atoms with Crippen molar-refractivity contribution in [1.82, 2.24) is 4.98 Å². The molecule has 122 valence electrons. The Labute approximate surface area is 138 Å². The molecule has 8 heteroatoms. The second-order valence-corrected chi connectivity index (χ2v) is 6.35. The van der Waals surface area contributed by atoms with Gasteiger partial charge in [0.1, 0.15) is 0 Å².